The number of quaternary nitrogens is 1. The number of para-hydroxylation sites is 2. The molecular weight excluding hydrogens is 683 g/mol. The second kappa shape index (κ2) is 13.5. The van der Waals surface area contributed by atoms with Gasteiger partial charge in [0.05, 0.1) is 28.4 Å². The molecule has 0 bridgehead atoms. The van der Waals surface area contributed by atoms with E-state index >= 15 is 0 Å². The first kappa shape index (κ1) is 32.7. The van der Waals surface area contributed by atoms with Crippen LogP contribution in [0.4, 0.5) is 0 Å². The van der Waals surface area contributed by atoms with Crippen molar-refractivity contribution in [3.05, 3.63) is 217 Å². The lowest BCUT2D eigenvalue weighted by atomic mass is 10.0. The fraction of sp³-hybridized carbons (Fsp3) is 0.0588. The van der Waals surface area contributed by atoms with Gasteiger partial charge in [0.2, 0.25) is 0 Å². The lowest BCUT2D eigenvalue weighted by molar-refractivity contribution is -0.752. The van der Waals surface area contributed by atoms with Gasteiger partial charge in [0.15, 0.2) is 6.17 Å². The fourth-order valence-electron chi connectivity index (χ4n) is 8.81. The van der Waals surface area contributed by atoms with Crippen molar-refractivity contribution in [2.24, 2.45) is 0 Å². The standard InChI is InChI=1S/C51H38N5/c1-4-14-34(15-5-1)35-24-28-40(29-25-35)55-45-22-12-10-20-41(45)43-32-38(26-30-47(43)55)39-27-31-48-44(33-39)42-21-11-13-23-46(42)56(48)51-53-49(36-16-6-2-7-17-36)52-50(54-51)37-18-8-3-9-19-37/h1-33,49-53H/q-1/p+1. The molecule has 3 unspecified atom stereocenters. The van der Waals surface area contributed by atoms with Crippen LogP contribution in [-0.4, -0.2) is 9.13 Å². The van der Waals surface area contributed by atoms with Crippen LogP contribution in [0.3, 0.4) is 0 Å². The van der Waals surface area contributed by atoms with Crippen molar-refractivity contribution in [3.63, 3.8) is 0 Å². The predicted molar refractivity (Wildman–Crippen MR) is 230 cm³/mol. The molecule has 1 saturated heterocycles. The summed E-state index contributed by atoms with van der Waals surface area (Å²) in [4.78, 5) is 0. The highest BCUT2D eigenvalue weighted by Crippen LogP contribution is 2.40. The summed E-state index contributed by atoms with van der Waals surface area (Å²) in [5.74, 6) is 0. The molecule has 0 amide bonds. The van der Waals surface area contributed by atoms with Crippen LogP contribution in [0, 0.1) is 0 Å². The highest BCUT2D eigenvalue weighted by molar-refractivity contribution is 6.12. The van der Waals surface area contributed by atoms with Gasteiger partial charge >= 0.3 is 0 Å². The second-order valence-electron chi connectivity index (χ2n) is 14.7. The molecule has 2 aromatic heterocycles. The van der Waals surface area contributed by atoms with E-state index in [-0.39, 0.29) is 18.6 Å². The van der Waals surface area contributed by atoms with Crippen LogP contribution in [0.1, 0.15) is 29.7 Å². The van der Waals surface area contributed by atoms with E-state index in [9.17, 15) is 0 Å². The third-order valence-corrected chi connectivity index (χ3v) is 11.5. The van der Waals surface area contributed by atoms with Crippen molar-refractivity contribution >= 4 is 43.6 Å². The van der Waals surface area contributed by atoms with Crippen LogP contribution in [0.2, 0.25) is 0 Å². The van der Waals surface area contributed by atoms with Crippen molar-refractivity contribution < 1.29 is 5.32 Å². The molecule has 5 nitrogen and oxygen atoms in total. The maximum atomic E-state index is 5.46. The number of hydrogen-bond donors (Lipinski definition) is 2. The van der Waals surface area contributed by atoms with Gasteiger partial charge in [-0.05, 0) is 77.0 Å². The molecule has 10 aromatic rings. The smallest absolute Gasteiger partial charge is 0.165 e. The van der Waals surface area contributed by atoms with Crippen molar-refractivity contribution in [1.82, 2.24) is 14.5 Å². The molecule has 3 N–H and O–H groups in total. The summed E-state index contributed by atoms with van der Waals surface area (Å²) in [6, 6.07) is 72.2. The van der Waals surface area contributed by atoms with E-state index in [1.807, 2.05) is 0 Å². The van der Waals surface area contributed by atoms with E-state index in [0.717, 1.165) is 11.3 Å². The maximum Gasteiger partial charge on any atom is 0.165 e. The molecule has 1 aliphatic heterocycles. The number of fused-ring (bicyclic) bond motifs is 6. The first-order chi connectivity index (χ1) is 27.8. The Morgan fingerprint density at radius 3 is 1.59 bits per heavy atom. The lowest BCUT2D eigenvalue weighted by Crippen LogP contribution is -2.92. The van der Waals surface area contributed by atoms with Crippen molar-refractivity contribution in [1.29, 1.82) is 0 Å². The first-order valence-corrected chi connectivity index (χ1v) is 19.4. The highest BCUT2D eigenvalue weighted by Gasteiger charge is 2.27. The third kappa shape index (κ3) is 5.52. The molecule has 268 valence electrons. The van der Waals surface area contributed by atoms with Gasteiger partial charge in [-0.25, -0.2) is 0 Å². The molecule has 0 aliphatic carbocycles. The number of hydrogen-bond acceptors (Lipinski definition) is 1. The highest BCUT2D eigenvalue weighted by atomic mass is 15.4. The Balaban J connectivity index is 1.01. The second-order valence-corrected chi connectivity index (χ2v) is 14.7. The van der Waals surface area contributed by atoms with Gasteiger partial charge in [-0.1, -0.05) is 157 Å². The van der Waals surface area contributed by atoms with Crippen LogP contribution < -0.4 is 10.6 Å². The molecule has 0 saturated carbocycles. The third-order valence-electron chi connectivity index (χ3n) is 11.5. The van der Waals surface area contributed by atoms with Gasteiger partial charge in [-0.15, -0.1) is 0 Å². The van der Waals surface area contributed by atoms with Crippen molar-refractivity contribution in [2.45, 2.75) is 18.6 Å². The zero-order valence-corrected chi connectivity index (χ0v) is 30.7. The van der Waals surface area contributed by atoms with Gasteiger partial charge in [-0.3, -0.25) is 5.32 Å². The van der Waals surface area contributed by atoms with Crippen LogP contribution in [0.5, 0.6) is 0 Å². The van der Waals surface area contributed by atoms with E-state index in [1.165, 1.54) is 71.4 Å². The molecule has 3 heterocycles. The van der Waals surface area contributed by atoms with E-state index in [1.54, 1.807) is 0 Å². The van der Waals surface area contributed by atoms with E-state index in [2.05, 4.69) is 220 Å². The SMILES string of the molecule is c1ccc(-c2ccc(-n3c4ccccc4c4cc(-c5ccc6c(c5)c5ccccc5n6C5[N-]C(c6ccccc6)NC(c6ccccc6)[NH2+]5)ccc43)cc2)cc1. The normalized spacial score (nSPS) is 17.2. The molecule has 56 heavy (non-hydrogen) atoms. The lowest BCUT2D eigenvalue weighted by Gasteiger charge is -2.47. The average molecular weight is 722 g/mol. The summed E-state index contributed by atoms with van der Waals surface area (Å²) in [5.41, 5.74) is 13.1. The number of aromatic nitrogens is 2. The number of nitrogens with zero attached hydrogens (tertiary/aromatic N) is 3. The Labute approximate surface area is 325 Å². The van der Waals surface area contributed by atoms with E-state index in [4.69, 9.17) is 5.32 Å². The molecular formula is C51H39N5. The molecule has 5 heteroatoms. The first-order valence-electron chi connectivity index (χ1n) is 19.4. The molecule has 8 aromatic carbocycles. The van der Waals surface area contributed by atoms with E-state index < -0.39 is 0 Å². The molecule has 11 rings (SSSR count). The molecule has 1 aliphatic rings. The minimum Gasteiger partial charge on any atom is -0.571 e. The Morgan fingerprint density at radius 2 is 0.893 bits per heavy atom. The number of rotatable bonds is 6. The summed E-state index contributed by atoms with van der Waals surface area (Å²) in [7, 11) is 0. The van der Waals surface area contributed by atoms with Crippen molar-refractivity contribution in [2.75, 3.05) is 0 Å². The summed E-state index contributed by atoms with van der Waals surface area (Å²) >= 11 is 0. The minimum atomic E-state index is -0.177. The van der Waals surface area contributed by atoms with E-state index in [0.29, 0.717) is 0 Å². The monoisotopic (exact) mass is 721 g/mol. The zero-order valence-electron chi connectivity index (χ0n) is 30.7. The summed E-state index contributed by atoms with van der Waals surface area (Å²) in [6.45, 7) is 0. The number of nitrogens with two attached hydrogens (primary N) is 1. The number of nitrogens with one attached hydrogen (secondary N) is 1. The topological polar surface area (TPSA) is 52.6 Å². The summed E-state index contributed by atoms with van der Waals surface area (Å²) < 4.78 is 4.82. The van der Waals surface area contributed by atoms with Gasteiger partial charge in [-0.2, -0.15) is 0 Å². The quantitative estimate of drug-likeness (QED) is 0.176. The Hall–Kier alpha value is -6.76. The average Bonchev–Trinajstić information content (AvgIpc) is 3.79. The minimum absolute atomic E-state index is 0.0371. The molecule has 0 radical (unpaired) electrons. The van der Waals surface area contributed by atoms with Crippen LogP contribution in [0.25, 0.3) is 76.9 Å². The summed E-state index contributed by atoms with van der Waals surface area (Å²) in [5, 5.41) is 16.6. The van der Waals surface area contributed by atoms with Crippen LogP contribution in [0.15, 0.2) is 200 Å². The Morgan fingerprint density at radius 1 is 0.411 bits per heavy atom. The number of benzene rings is 8. The van der Waals surface area contributed by atoms with Gasteiger partial charge in [0.25, 0.3) is 0 Å². The van der Waals surface area contributed by atoms with Crippen LogP contribution in [-0.2, 0) is 0 Å². The molecule has 1 fully saturated rings. The van der Waals surface area contributed by atoms with Gasteiger partial charge in [0.1, 0.15) is 0 Å². The zero-order chi connectivity index (χ0) is 37.0. The molecule has 0 spiro atoms. The van der Waals surface area contributed by atoms with Gasteiger partial charge < -0.3 is 19.8 Å². The largest absolute Gasteiger partial charge is 0.571 e. The van der Waals surface area contributed by atoms with Crippen molar-refractivity contribution in [3.8, 4) is 27.9 Å². The predicted octanol–water partition coefficient (Wildman–Crippen LogP) is 11.6. The Kier molecular flexibility index (Phi) is 7.88. The van der Waals surface area contributed by atoms with Crippen LogP contribution >= 0.6 is 0 Å². The Bertz CT molecular complexity index is 2950. The van der Waals surface area contributed by atoms with Gasteiger partial charge in [0, 0.05) is 32.8 Å². The fourth-order valence-corrected chi connectivity index (χ4v) is 8.81. The summed E-state index contributed by atoms with van der Waals surface area (Å²) in [6.07, 6.45) is -0.290. The molecule has 3 atom stereocenters. The maximum absolute atomic E-state index is 5.46.